The number of hydrogen-bond acceptors (Lipinski definition) is 7. The number of ether oxygens (including phenoxy) is 1. The van der Waals surface area contributed by atoms with Gasteiger partial charge in [0.05, 0.1) is 24.7 Å². The molecule has 2 aromatic rings. The van der Waals surface area contributed by atoms with E-state index in [9.17, 15) is 0 Å². The average molecular weight is 520 g/mol. The fraction of sp³-hybridized carbons (Fsp3) is 0.720. The number of allylic oxidation sites excluding steroid dienone is 1. The van der Waals surface area contributed by atoms with Crippen molar-refractivity contribution in [1.29, 1.82) is 0 Å². The lowest BCUT2D eigenvalue weighted by Gasteiger charge is -2.40. The van der Waals surface area contributed by atoms with Gasteiger partial charge in [-0.2, -0.15) is 4.98 Å². The quantitative estimate of drug-likeness (QED) is 0.346. The third-order valence-electron chi connectivity index (χ3n) is 8.01. The molecule has 8 nitrogen and oxygen atoms in total. The molecule has 1 aliphatic heterocycles. The smallest absolute Gasteiger partial charge is 0.222 e. The maximum atomic E-state index is 6.90. The van der Waals surface area contributed by atoms with Crippen LogP contribution in [-0.2, 0) is 20.0 Å². The maximum absolute atomic E-state index is 6.90. The lowest BCUT2D eigenvalue weighted by molar-refractivity contribution is -0.0383. The Kier molecular flexibility index (Phi) is 7.75. The number of hydrogen-bond donors (Lipinski definition) is 1. The van der Waals surface area contributed by atoms with E-state index >= 15 is 0 Å². The van der Waals surface area contributed by atoms with E-state index < -0.39 is 16.6 Å². The fourth-order valence-corrected chi connectivity index (χ4v) is 6.06. The summed E-state index contributed by atoms with van der Waals surface area (Å²) in [5, 5.41) is 0.218. The molecular weight excluding hydrogens is 474 g/mol. The van der Waals surface area contributed by atoms with Crippen LogP contribution < -0.4 is 5.73 Å². The first kappa shape index (κ1) is 28.0. The Bertz CT molecular complexity index is 1060. The Morgan fingerprint density at radius 2 is 1.74 bits per heavy atom. The molecule has 0 aromatic carbocycles. The minimum Gasteiger partial charge on any atom is -0.414 e. The zero-order valence-corrected chi connectivity index (χ0v) is 25.3. The van der Waals surface area contributed by atoms with E-state index in [1.165, 1.54) is 0 Å². The number of nitrogen functional groups attached to an aromatic ring is 1. The summed E-state index contributed by atoms with van der Waals surface area (Å²) in [6, 6.07) is 0. The van der Waals surface area contributed by atoms with Gasteiger partial charge in [-0.05, 0) is 36.3 Å². The Hall–Kier alpha value is -1.60. The van der Waals surface area contributed by atoms with Gasteiger partial charge < -0.3 is 19.3 Å². The van der Waals surface area contributed by atoms with Gasteiger partial charge in [0.25, 0.3) is 0 Å². The van der Waals surface area contributed by atoms with E-state index in [2.05, 4.69) is 89.3 Å². The summed E-state index contributed by atoms with van der Waals surface area (Å²) in [6.07, 6.45) is 4.33. The molecule has 0 saturated carbocycles. The minimum absolute atomic E-state index is 0.0741. The molecule has 0 radical (unpaired) electrons. The molecule has 0 unspecified atom stereocenters. The summed E-state index contributed by atoms with van der Waals surface area (Å²) >= 11 is 0. The summed E-state index contributed by atoms with van der Waals surface area (Å²) < 4.78 is 22.1. The summed E-state index contributed by atoms with van der Waals surface area (Å²) in [4.78, 5) is 13.5. The van der Waals surface area contributed by atoms with Crippen molar-refractivity contribution in [3.05, 3.63) is 24.7 Å². The van der Waals surface area contributed by atoms with Gasteiger partial charge in [-0.15, -0.1) is 6.58 Å². The molecule has 3 rings (SSSR count). The first-order chi connectivity index (χ1) is 16.0. The van der Waals surface area contributed by atoms with Crippen LogP contribution in [0.2, 0.25) is 36.3 Å². The van der Waals surface area contributed by atoms with Gasteiger partial charge in [0.2, 0.25) is 5.95 Å². The maximum Gasteiger partial charge on any atom is 0.222 e. The van der Waals surface area contributed by atoms with Gasteiger partial charge in [-0.1, -0.05) is 47.6 Å². The number of nitrogens with zero attached hydrogens (tertiary/aromatic N) is 4. The molecule has 0 spiro atoms. The van der Waals surface area contributed by atoms with Crippen molar-refractivity contribution in [1.82, 2.24) is 19.5 Å². The molecule has 3 atom stereocenters. The predicted octanol–water partition coefficient (Wildman–Crippen LogP) is 5.84. The first-order valence-corrected chi connectivity index (χ1v) is 18.4. The van der Waals surface area contributed by atoms with Crippen molar-refractivity contribution in [2.75, 3.05) is 12.3 Å². The molecule has 2 N–H and O–H groups in total. The molecule has 1 fully saturated rings. The average Bonchev–Trinajstić information content (AvgIpc) is 3.28. The SMILES string of the molecule is C=CCc1nc(N)nc2c1ncn2[C@H]1C[C@H](O[Si](C)(C)C(C)(C)C)[C@@H](CO[Si](C)(C)C(C)(C)C)O1. The van der Waals surface area contributed by atoms with Crippen molar-refractivity contribution in [3.8, 4) is 0 Å². The van der Waals surface area contributed by atoms with Crippen molar-refractivity contribution in [3.63, 3.8) is 0 Å². The molecule has 0 aliphatic carbocycles. The molecule has 1 saturated heterocycles. The number of aromatic nitrogens is 4. The zero-order chi connectivity index (χ0) is 26.4. The van der Waals surface area contributed by atoms with Crippen LogP contribution in [0.4, 0.5) is 5.95 Å². The highest BCUT2D eigenvalue weighted by atomic mass is 28.4. The van der Waals surface area contributed by atoms with E-state index in [-0.39, 0.29) is 34.5 Å². The van der Waals surface area contributed by atoms with E-state index in [1.54, 1.807) is 12.4 Å². The zero-order valence-electron chi connectivity index (χ0n) is 23.3. The fourth-order valence-electron chi connectivity index (χ4n) is 3.69. The summed E-state index contributed by atoms with van der Waals surface area (Å²) in [5.41, 5.74) is 8.20. The normalized spacial score (nSPS) is 22.2. The Morgan fingerprint density at radius 3 is 2.31 bits per heavy atom. The number of imidazole rings is 1. The highest BCUT2D eigenvalue weighted by Gasteiger charge is 2.46. The van der Waals surface area contributed by atoms with Crippen molar-refractivity contribution >= 4 is 33.7 Å². The Labute approximate surface area is 212 Å². The lowest BCUT2D eigenvalue weighted by atomic mass is 10.2. The largest absolute Gasteiger partial charge is 0.414 e. The minimum atomic E-state index is -2.03. The van der Waals surface area contributed by atoms with E-state index in [1.807, 2.05) is 4.57 Å². The topological polar surface area (TPSA) is 97.3 Å². The number of nitrogens with two attached hydrogens (primary N) is 1. The standard InChI is InChI=1S/C25H45N5O3Si2/c1-12-13-17-21-22(29-23(26)28-17)30(16-27-21)20-14-18(33-35(10,11)25(5,6)7)19(32-20)15-31-34(8,9)24(2,3)4/h12,16,18-20H,1,13-15H2,2-11H3,(H2,26,28,29)/t18-,19+,20+/m0/s1. The number of anilines is 1. The van der Waals surface area contributed by atoms with Crippen LogP contribution in [0.5, 0.6) is 0 Å². The predicted molar refractivity (Wildman–Crippen MR) is 147 cm³/mol. The highest BCUT2D eigenvalue weighted by Crippen LogP contribution is 2.43. The third-order valence-corrected chi connectivity index (χ3v) is 17.0. The van der Waals surface area contributed by atoms with Crippen LogP contribution >= 0.6 is 0 Å². The van der Waals surface area contributed by atoms with Gasteiger partial charge in [0.15, 0.2) is 22.3 Å². The second-order valence-electron chi connectivity index (χ2n) is 12.7. The summed E-state index contributed by atoms with van der Waals surface area (Å²) in [5.74, 6) is 0.223. The van der Waals surface area contributed by atoms with Crippen LogP contribution in [0, 0.1) is 0 Å². The van der Waals surface area contributed by atoms with Gasteiger partial charge in [-0.3, -0.25) is 4.57 Å². The lowest BCUT2D eigenvalue weighted by Crippen LogP contribution is -2.48. The van der Waals surface area contributed by atoms with Crippen LogP contribution in [0.25, 0.3) is 11.2 Å². The highest BCUT2D eigenvalue weighted by molar-refractivity contribution is 6.74. The van der Waals surface area contributed by atoms with E-state index in [4.69, 9.17) is 19.3 Å². The summed E-state index contributed by atoms with van der Waals surface area (Å²) in [7, 11) is -3.97. The van der Waals surface area contributed by atoms with Gasteiger partial charge >= 0.3 is 0 Å². The first-order valence-electron chi connectivity index (χ1n) is 12.5. The molecule has 196 valence electrons. The van der Waals surface area contributed by atoms with Crippen LogP contribution in [0.15, 0.2) is 19.0 Å². The van der Waals surface area contributed by atoms with Crippen LogP contribution in [-0.4, -0.2) is 55.0 Å². The molecule has 3 heterocycles. The molecule has 10 heteroatoms. The molecular formula is C25H45N5O3Si2. The number of fused-ring (bicyclic) bond motifs is 1. The van der Waals surface area contributed by atoms with E-state index in [0.717, 1.165) is 11.2 Å². The monoisotopic (exact) mass is 519 g/mol. The van der Waals surface area contributed by atoms with E-state index in [0.29, 0.717) is 25.1 Å². The molecule has 35 heavy (non-hydrogen) atoms. The molecule has 1 aliphatic rings. The second kappa shape index (κ2) is 9.70. The van der Waals surface area contributed by atoms with Gasteiger partial charge in [0, 0.05) is 12.8 Å². The van der Waals surface area contributed by atoms with Gasteiger partial charge in [0.1, 0.15) is 17.8 Å². The summed E-state index contributed by atoms with van der Waals surface area (Å²) in [6.45, 7) is 27.0. The van der Waals surface area contributed by atoms with Crippen molar-refractivity contribution in [2.45, 2.75) is 109 Å². The molecule has 2 aromatic heterocycles. The number of rotatable bonds is 8. The second-order valence-corrected chi connectivity index (χ2v) is 22.3. The Morgan fingerprint density at radius 1 is 1.11 bits per heavy atom. The van der Waals surface area contributed by atoms with Crippen LogP contribution in [0.1, 0.15) is 59.9 Å². The van der Waals surface area contributed by atoms with Gasteiger partial charge in [-0.25, -0.2) is 9.97 Å². The van der Waals surface area contributed by atoms with Crippen LogP contribution in [0.3, 0.4) is 0 Å². The Balaban J connectivity index is 1.93. The molecule has 0 bridgehead atoms. The third kappa shape index (κ3) is 5.88. The van der Waals surface area contributed by atoms with Crippen molar-refractivity contribution < 1.29 is 13.6 Å². The molecule has 0 amide bonds. The van der Waals surface area contributed by atoms with Crippen molar-refractivity contribution in [2.24, 2.45) is 0 Å².